The van der Waals surface area contributed by atoms with Crippen molar-refractivity contribution in [2.45, 2.75) is 25.3 Å². The SMILES string of the molecule is CN1CCCC(CN2CNC(Cc3ccccc3)C2=O)C1. The number of likely N-dealkylation sites (tertiary alicyclic amines) is 1. The maximum absolute atomic E-state index is 12.5. The highest BCUT2D eigenvalue weighted by Gasteiger charge is 2.32. The standard InChI is InChI=1S/C17H25N3O/c1-19-9-5-8-15(11-19)12-20-13-18-16(17(20)21)10-14-6-3-2-4-7-14/h2-4,6-7,15-16,18H,5,8-13H2,1H3. The van der Waals surface area contributed by atoms with E-state index in [0.717, 1.165) is 19.5 Å². The summed E-state index contributed by atoms with van der Waals surface area (Å²) in [7, 11) is 2.18. The molecule has 2 aliphatic rings. The number of benzene rings is 1. The first-order valence-electron chi connectivity index (χ1n) is 7.97. The zero-order valence-corrected chi connectivity index (χ0v) is 12.8. The van der Waals surface area contributed by atoms with Gasteiger partial charge in [-0.2, -0.15) is 0 Å². The molecule has 1 amide bonds. The van der Waals surface area contributed by atoms with Crippen LogP contribution in [0.2, 0.25) is 0 Å². The molecule has 1 aromatic rings. The first-order valence-corrected chi connectivity index (χ1v) is 7.97. The van der Waals surface area contributed by atoms with E-state index in [1.54, 1.807) is 0 Å². The molecular weight excluding hydrogens is 262 g/mol. The molecule has 0 aliphatic carbocycles. The number of nitrogens with zero attached hydrogens (tertiary/aromatic N) is 2. The molecule has 4 heteroatoms. The minimum Gasteiger partial charge on any atom is -0.328 e. The highest BCUT2D eigenvalue weighted by Crippen LogP contribution is 2.18. The number of amides is 1. The van der Waals surface area contributed by atoms with Crippen LogP contribution >= 0.6 is 0 Å². The Morgan fingerprint density at radius 3 is 2.86 bits per heavy atom. The Labute approximate surface area is 127 Å². The molecule has 2 heterocycles. The van der Waals surface area contributed by atoms with Crippen molar-refractivity contribution >= 4 is 5.91 Å². The summed E-state index contributed by atoms with van der Waals surface area (Å²) in [6.45, 7) is 3.92. The van der Waals surface area contributed by atoms with Crippen LogP contribution in [0.3, 0.4) is 0 Å². The Morgan fingerprint density at radius 2 is 2.10 bits per heavy atom. The molecule has 2 saturated heterocycles. The first kappa shape index (κ1) is 14.5. The Kier molecular flexibility index (Phi) is 4.56. The second kappa shape index (κ2) is 6.58. The molecule has 0 aromatic heterocycles. The highest BCUT2D eigenvalue weighted by atomic mass is 16.2. The van der Waals surface area contributed by atoms with Gasteiger partial charge in [-0.05, 0) is 44.3 Å². The van der Waals surface area contributed by atoms with E-state index in [-0.39, 0.29) is 11.9 Å². The van der Waals surface area contributed by atoms with Gasteiger partial charge in [-0.3, -0.25) is 10.1 Å². The van der Waals surface area contributed by atoms with Crippen LogP contribution in [-0.2, 0) is 11.2 Å². The third kappa shape index (κ3) is 3.63. The van der Waals surface area contributed by atoms with E-state index in [4.69, 9.17) is 0 Å². The quantitative estimate of drug-likeness (QED) is 0.907. The second-order valence-electron chi connectivity index (χ2n) is 6.44. The van der Waals surface area contributed by atoms with Gasteiger partial charge < -0.3 is 9.80 Å². The molecule has 0 bridgehead atoms. The zero-order chi connectivity index (χ0) is 14.7. The summed E-state index contributed by atoms with van der Waals surface area (Å²) in [6.07, 6.45) is 3.29. The molecule has 2 aliphatic heterocycles. The summed E-state index contributed by atoms with van der Waals surface area (Å²) < 4.78 is 0. The van der Waals surface area contributed by atoms with Gasteiger partial charge in [0.1, 0.15) is 0 Å². The smallest absolute Gasteiger partial charge is 0.241 e. The minimum atomic E-state index is -0.0475. The van der Waals surface area contributed by atoms with Crippen LogP contribution in [0, 0.1) is 5.92 Å². The highest BCUT2D eigenvalue weighted by molar-refractivity contribution is 5.84. The van der Waals surface area contributed by atoms with E-state index in [2.05, 4.69) is 29.4 Å². The minimum absolute atomic E-state index is 0.0475. The number of hydrogen-bond acceptors (Lipinski definition) is 3. The van der Waals surface area contributed by atoms with Gasteiger partial charge in [-0.25, -0.2) is 0 Å². The van der Waals surface area contributed by atoms with Crippen molar-refractivity contribution in [3.05, 3.63) is 35.9 Å². The summed E-state index contributed by atoms with van der Waals surface area (Å²) in [6, 6.07) is 10.2. The Hall–Kier alpha value is -1.39. The van der Waals surface area contributed by atoms with E-state index < -0.39 is 0 Å². The third-order valence-corrected chi connectivity index (χ3v) is 4.62. The summed E-state index contributed by atoms with van der Waals surface area (Å²) in [4.78, 5) is 16.9. The number of piperidine rings is 1. The normalized spacial score (nSPS) is 27.3. The number of nitrogens with one attached hydrogen (secondary N) is 1. The van der Waals surface area contributed by atoms with Crippen LogP contribution in [0.4, 0.5) is 0 Å². The first-order chi connectivity index (χ1) is 10.2. The summed E-state index contributed by atoms with van der Waals surface area (Å²) in [5.74, 6) is 0.900. The summed E-state index contributed by atoms with van der Waals surface area (Å²) in [5, 5.41) is 3.37. The van der Waals surface area contributed by atoms with Gasteiger partial charge in [0.15, 0.2) is 0 Å². The van der Waals surface area contributed by atoms with Crippen molar-refractivity contribution in [3.63, 3.8) is 0 Å². The van der Waals surface area contributed by atoms with Gasteiger partial charge in [0, 0.05) is 13.1 Å². The second-order valence-corrected chi connectivity index (χ2v) is 6.44. The van der Waals surface area contributed by atoms with Crippen molar-refractivity contribution in [2.75, 3.05) is 33.4 Å². The third-order valence-electron chi connectivity index (χ3n) is 4.62. The zero-order valence-electron chi connectivity index (χ0n) is 12.8. The maximum Gasteiger partial charge on any atom is 0.241 e. The predicted molar refractivity (Wildman–Crippen MR) is 83.9 cm³/mol. The number of rotatable bonds is 4. The van der Waals surface area contributed by atoms with Crippen LogP contribution in [0.5, 0.6) is 0 Å². The van der Waals surface area contributed by atoms with Gasteiger partial charge in [-0.1, -0.05) is 30.3 Å². The number of carbonyl (C=O) groups excluding carboxylic acids is 1. The molecule has 114 valence electrons. The van der Waals surface area contributed by atoms with E-state index in [1.807, 2.05) is 23.1 Å². The lowest BCUT2D eigenvalue weighted by atomic mass is 9.98. The fourth-order valence-electron chi connectivity index (χ4n) is 3.50. The molecule has 21 heavy (non-hydrogen) atoms. The van der Waals surface area contributed by atoms with Gasteiger partial charge in [0.2, 0.25) is 5.91 Å². The van der Waals surface area contributed by atoms with Gasteiger partial charge >= 0.3 is 0 Å². The number of hydrogen-bond donors (Lipinski definition) is 1. The molecule has 1 aromatic carbocycles. The molecule has 1 N–H and O–H groups in total. The fourth-order valence-corrected chi connectivity index (χ4v) is 3.50. The average molecular weight is 287 g/mol. The predicted octanol–water partition coefficient (Wildman–Crippen LogP) is 1.33. The lowest BCUT2D eigenvalue weighted by Crippen LogP contribution is -2.40. The van der Waals surface area contributed by atoms with Crippen LogP contribution in [0.25, 0.3) is 0 Å². The van der Waals surface area contributed by atoms with Crippen LogP contribution in [0.15, 0.2) is 30.3 Å². The van der Waals surface area contributed by atoms with Crippen molar-refractivity contribution < 1.29 is 4.79 Å². The molecule has 2 atom stereocenters. The topological polar surface area (TPSA) is 35.6 Å². The van der Waals surface area contributed by atoms with Crippen molar-refractivity contribution in [2.24, 2.45) is 5.92 Å². The lowest BCUT2D eigenvalue weighted by molar-refractivity contribution is -0.129. The van der Waals surface area contributed by atoms with Crippen LogP contribution < -0.4 is 5.32 Å². The molecule has 0 saturated carbocycles. The van der Waals surface area contributed by atoms with Crippen LogP contribution in [0.1, 0.15) is 18.4 Å². The monoisotopic (exact) mass is 287 g/mol. The Balaban J connectivity index is 1.54. The van der Waals surface area contributed by atoms with Gasteiger partial charge in [-0.15, -0.1) is 0 Å². The van der Waals surface area contributed by atoms with Crippen molar-refractivity contribution in [3.8, 4) is 0 Å². The molecular formula is C17H25N3O. The van der Waals surface area contributed by atoms with Crippen LogP contribution in [-0.4, -0.2) is 55.1 Å². The van der Waals surface area contributed by atoms with Gasteiger partial charge in [0.25, 0.3) is 0 Å². The van der Waals surface area contributed by atoms with E-state index >= 15 is 0 Å². The molecule has 0 radical (unpaired) electrons. The molecule has 2 unspecified atom stereocenters. The molecule has 3 rings (SSSR count). The Morgan fingerprint density at radius 1 is 1.29 bits per heavy atom. The largest absolute Gasteiger partial charge is 0.328 e. The van der Waals surface area contributed by atoms with E-state index in [0.29, 0.717) is 12.6 Å². The lowest BCUT2D eigenvalue weighted by Gasteiger charge is -2.32. The van der Waals surface area contributed by atoms with Crippen molar-refractivity contribution in [1.82, 2.24) is 15.1 Å². The van der Waals surface area contributed by atoms with Gasteiger partial charge in [0.05, 0.1) is 12.7 Å². The molecule has 0 spiro atoms. The summed E-state index contributed by atoms with van der Waals surface area (Å²) >= 11 is 0. The Bertz CT molecular complexity index is 476. The molecule has 4 nitrogen and oxygen atoms in total. The summed E-state index contributed by atoms with van der Waals surface area (Å²) in [5.41, 5.74) is 1.22. The fraction of sp³-hybridized carbons (Fsp3) is 0.588. The number of carbonyl (C=O) groups is 1. The average Bonchev–Trinajstić information content (AvgIpc) is 2.82. The molecule has 2 fully saturated rings. The van der Waals surface area contributed by atoms with E-state index in [1.165, 1.54) is 24.9 Å². The van der Waals surface area contributed by atoms with Crippen molar-refractivity contribution in [1.29, 1.82) is 0 Å². The maximum atomic E-state index is 12.5. The van der Waals surface area contributed by atoms with E-state index in [9.17, 15) is 4.79 Å².